The van der Waals surface area contributed by atoms with Crippen molar-refractivity contribution in [1.82, 2.24) is 0 Å². The first kappa shape index (κ1) is 16.9. The highest BCUT2D eigenvalue weighted by molar-refractivity contribution is 5.53. The van der Waals surface area contributed by atoms with Gasteiger partial charge < -0.3 is 20.4 Å². The number of hydrogen-bond donors (Lipinski definition) is 4. The number of rotatable bonds is 1. The average molecular weight is 182 g/mol. The van der Waals surface area contributed by atoms with Gasteiger partial charge in [0, 0.05) is 0 Å². The second-order valence-electron chi connectivity index (χ2n) is 1.57. The lowest BCUT2D eigenvalue weighted by Gasteiger charge is -1.68. The summed E-state index contributed by atoms with van der Waals surface area (Å²) in [5.74, 6) is 0. The molecule has 0 aromatic heterocycles. The van der Waals surface area contributed by atoms with Crippen LogP contribution in [0.2, 0.25) is 0 Å². The number of carboxylic acid groups (broad SMARTS) is 4. The normalized spacial score (nSPS) is 6.50. The molecule has 0 atom stereocenters. The zero-order chi connectivity index (χ0) is 10.6. The van der Waals surface area contributed by atoms with E-state index in [2.05, 4.69) is 13.8 Å². The van der Waals surface area contributed by atoms with E-state index < -0.39 is 12.3 Å². The van der Waals surface area contributed by atoms with Crippen molar-refractivity contribution >= 4 is 12.3 Å². The van der Waals surface area contributed by atoms with E-state index in [1.54, 1.807) is 0 Å². The van der Waals surface area contributed by atoms with Crippen molar-refractivity contribution < 1.29 is 30.0 Å². The van der Waals surface area contributed by atoms with Gasteiger partial charge in [-0.15, -0.1) is 0 Å². The Morgan fingerprint density at radius 1 is 0.833 bits per heavy atom. The second-order valence-corrected chi connectivity index (χ2v) is 1.57. The molecule has 12 heavy (non-hydrogen) atoms. The van der Waals surface area contributed by atoms with E-state index in [1.807, 2.05) is 0 Å². The van der Waals surface area contributed by atoms with Crippen LogP contribution in [0.1, 0.15) is 26.7 Å². The molecular weight excluding hydrogens is 168 g/mol. The van der Waals surface area contributed by atoms with Crippen LogP contribution in [-0.4, -0.2) is 32.7 Å². The lowest BCUT2D eigenvalue weighted by molar-refractivity contribution is 0.135. The van der Waals surface area contributed by atoms with Crippen molar-refractivity contribution in [2.75, 3.05) is 0 Å². The molecule has 6 nitrogen and oxygen atoms in total. The van der Waals surface area contributed by atoms with E-state index in [-0.39, 0.29) is 0 Å². The zero-order valence-corrected chi connectivity index (χ0v) is 7.02. The van der Waals surface area contributed by atoms with Gasteiger partial charge in [0.05, 0.1) is 0 Å². The van der Waals surface area contributed by atoms with E-state index in [0.717, 1.165) is 0 Å². The van der Waals surface area contributed by atoms with Gasteiger partial charge in [-0.05, 0) is 0 Å². The lowest BCUT2D eigenvalue weighted by atomic mass is 10.4. The molecule has 0 aromatic carbocycles. The monoisotopic (exact) mass is 182 g/mol. The van der Waals surface area contributed by atoms with Gasteiger partial charge in [-0.2, -0.15) is 0 Å². The Bertz CT molecular complexity index is 88.6. The van der Waals surface area contributed by atoms with E-state index in [4.69, 9.17) is 30.0 Å². The molecule has 0 fully saturated rings. The van der Waals surface area contributed by atoms with Crippen LogP contribution in [0, 0.1) is 0 Å². The standard InChI is InChI=1S/C4H10.2CH2O3/c1-3-4-2;2*2-1(3)4/h3-4H2,1-2H3;2*(H2,2,3,4). The summed E-state index contributed by atoms with van der Waals surface area (Å²) in [6.45, 7) is 4.36. The Balaban J connectivity index is -0.000000101. The fourth-order valence-corrected chi connectivity index (χ4v) is 0. The summed E-state index contributed by atoms with van der Waals surface area (Å²) in [6, 6.07) is 0. The molecule has 0 aliphatic carbocycles. The molecule has 0 bridgehead atoms. The average Bonchev–Trinajstić information content (AvgIpc) is 1.85. The van der Waals surface area contributed by atoms with Crippen molar-refractivity contribution in [2.24, 2.45) is 0 Å². The summed E-state index contributed by atoms with van der Waals surface area (Å²) in [4.78, 5) is 17.1. The number of hydrogen-bond acceptors (Lipinski definition) is 2. The van der Waals surface area contributed by atoms with Gasteiger partial charge in [0.25, 0.3) is 0 Å². The molecule has 0 spiro atoms. The van der Waals surface area contributed by atoms with Gasteiger partial charge in [0.1, 0.15) is 0 Å². The van der Waals surface area contributed by atoms with Gasteiger partial charge in [-0.3, -0.25) is 0 Å². The molecule has 0 unspecified atom stereocenters. The van der Waals surface area contributed by atoms with Crippen molar-refractivity contribution in [3.8, 4) is 0 Å². The number of unbranched alkanes of at least 4 members (excludes halogenated alkanes) is 1. The summed E-state index contributed by atoms with van der Waals surface area (Å²) in [5, 5.41) is 27.9. The Labute approximate surface area is 70.1 Å². The maximum absolute atomic E-state index is 8.56. The summed E-state index contributed by atoms with van der Waals surface area (Å²) in [5.41, 5.74) is 0. The summed E-state index contributed by atoms with van der Waals surface area (Å²) >= 11 is 0. The number of carbonyl (C=O) groups is 2. The second kappa shape index (κ2) is 16.3. The molecular formula is C6H14O6. The first-order chi connectivity index (χ1) is 5.38. The van der Waals surface area contributed by atoms with Crippen LogP contribution in [0.25, 0.3) is 0 Å². The molecule has 0 aliphatic rings. The third kappa shape index (κ3) is 2290. The summed E-state index contributed by atoms with van der Waals surface area (Å²) in [7, 11) is 0. The van der Waals surface area contributed by atoms with Gasteiger partial charge >= 0.3 is 12.3 Å². The molecule has 0 heterocycles. The third-order valence-electron chi connectivity index (χ3n) is 0.500. The predicted octanol–water partition coefficient (Wildman–Crippen LogP) is 2.25. The molecule has 74 valence electrons. The van der Waals surface area contributed by atoms with Crippen molar-refractivity contribution in [3.05, 3.63) is 0 Å². The molecule has 0 aliphatic heterocycles. The zero-order valence-electron chi connectivity index (χ0n) is 7.02. The quantitative estimate of drug-likeness (QED) is 0.494. The first-order valence-corrected chi connectivity index (χ1v) is 3.22. The predicted molar refractivity (Wildman–Crippen MR) is 41.9 cm³/mol. The highest BCUT2D eigenvalue weighted by Crippen LogP contribution is 1.76. The Kier molecular flexibility index (Phi) is 22.9. The molecule has 0 radical (unpaired) electrons. The Morgan fingerprint density at radius 3 is 0.917 bits per heavy atom. The van der Waals surface area contributed by atoms with E-state index in [0.29, 0.717) is 0 Å². The van der Waals surface area contributed by atoms with Crippen LogP contribution in [-0.2, 0) is 0 Å². The Morgan fingerprint density at radius 2 is 0.917 bits per heavy atom. The molecule has 6 heteroatoms. The van der Waals surface area contributed by atoms with E-state index in [1.165, 1.54) is 12.8 Å². The third-order valence-corrected chi connectivity index (χ3v) is 0.500. The Hall–Kier alpha value is -1.46. The molecule has 0 saturated heterocycles. The fourth-order valence-electron chi connectivity index (χ4n) is 0. The minimum atomic E-state index is -1.83. The molecule has 0 aromatic rings. The van der Waals surface area contributed by atoms with Crippen molar-refractivity contribution in [2.45, 2.75) is 26.7 Å². The highest BCUT2D eigenvalue weighted by atomic mass is 16.6. The SMILES string of the molecule is CCCC.O=C(O)O.O=C(O)O. The van der Waals surface area contributed by atoms with E-state index >= 15 is 0 Å². The van der Waals surface area contributed by atoms with Crippen molar-refractivity contribution in [3.63, 3.8) is 0 Å². The van der Waals surface area contributed by atoms with Crippen LogP contribution >= 0.6 is 0 Å². The topological polar surface area (TPSA) is 115 Å². The smallest absolute Gasteiger partial charge is 0.450 e. The highest BCUT2D eigenvalue weighted by Gasteiger charge is 1.70. The maximum Gasteiger partial charge on any atom is 0.503 e. The fraction of sp³-hybridized carbons (Fsp3) is 0.667. The molecule has 0 amide bonds. The minimum absolute atomic E-state index is 1.32. The van der Waals surface area contributed by atoms with Crippen LogP contribution in [0.4, 0.5) is 9.59 Å². The van der Waals surface area contributed by atoms with Crippen molar-refractivity contribution in [1.29, 1.82) is 0 Å². The van der Waals surface area contributed by atoms with Crippen LogP contribution in [0.3, 0.4) is 0 Å². The van der Waals surface area contributed by atoms with Crippen LogP contribution in [0.15, 0.2) is 0 Å². The molecule has 4 N–H and O–H groups in total. The summed E-state index contributed by atoms with van der Waals surface area (Å²) < 4.78 is 0. The van der Waals surface area contributed by atoms with Gasteiger partial charge in [-0.1, -0.05) is 26.7 Å². The molecule has 0 saturated carbocycles. The summed E-state index contributed by atoms with van der Waals surface area (Å²) in [6.07, 6.45) is -1.03. The largest absolute Gasteiger partial charge is 0.503 e. The molecule has 0 rings (SSSR count). The van der Waals surface area contributed by atoms with Crippen LogP contribution < -0.4 is 0 Å². The van der Waals surface area contributed by atoms with Gasteiger partial charge in [0.2, 0.25) is 0 Å². The maximum atomic E-state index is 8.56. The van der Waals surface area contributed by atoms with E-state index in [9.17, 15) is 0 Å². The lowest BCUT2D eigenvalue weighted by Crippen LogP contribution is -1.81. The first-order valence-electron chi connectivity index (χ1n) is 3.22. The van der Waals surface area contributed by atoms with Gasteiger partial charge in [0.15, 0.2) is 0 Å². The van der Waals surface area contributed by atoms with Crippen LogP contribution in [0.5, 0.6) is 0 Å². The minimum Gasteiger partial charge on any atom is -0.450 e. The van der Waals surface area contributed by atoms with Gasteiger partial charge in [-0.25, -0.2) is 9.59 Å².